The third kappa shape index (κ3) is 5.28. The van der Waals surface area contributed by atoms with Crippen LogP contribution in [0.2, 0.25) is 0 Å². The van der Waals surface area contributed by atoms with E-state index >= 15 is 0 Å². The highest BCUT2D eigenvalue weighted by molar-refractivity contribution is 7.99. The van der Waals surface area contributed by atoms with Gasteiger partial charge in [0.2, 0.25) is 5.91 Å². The van der Waals surface area contributed by atoms with E-state index in [1.54, 1.807) is 6.08 Å². The monoisotopic (exact) mass is 489 g/mol. The summed E-state index contributed by atoms with van der Waals surface area (Å²) in [7, 11) is -3.03. The van der Waals surface area contributed by atoms with Crippen LogP contribution in [0, 0.1) is 6.92 Å². The lowest BCUT2D eigenvalue weighted by molar-refractivity contribution is -0.113. The highest BCUT2D eigenvalue weighted by Gasteiger charge is 2.33. The van der Waals surface area contributed by atoms with Crippen molar-refractivity contribution in [2.75, 3.05) is 22.6 Å². The van der Waals surface area contributed by atoms with Gasteiger partial charge in [0.05, 0.1) is 23.0 Å². The molecule has 8 nitrogen and oxygen atoms in total. The Morgan fingerprint density at radius 1 is 1.34 bits per heavy atom. The van der Waals surface area contributed by atoms with Crippen LogP contribution in [-0.2, 0) is 21.2 Å². The van der Waals surface area contributed by atoms with Crippen molar-refractivity contribution in [2.24, 2.45) is 0 Å². The maximum Gasteiger partial charge on any atom is 0.236 e. The normalized spacial score (nSPS) is 17.3. The second-order valence-electron chi connectivity index (χ2n) is 7.58. The van der Waals surface area contributed by atoms with Gasteiger partial charge in [-0.05, 0) is 13.3 Å². The standard InChI is InChI=1S/C21H23N5O3S3/c1-3-9-26-19(16-8-10-32(28,29)13-16)24-25-21(26)31-12-18(27)23-20-22-17(11-30-20)15-6-4-14(2)5-7-15/h3-7,11,16H,1,8-10,12-13H2,2H3,(H,22,23,27). The maximum absolute atomic E-state index is 12.5. The highest BCUT2D eigenvalue weighted by Crippen LogP contribution is 2.30. The van der Waals surface area contributed by atoms with Crippen LogP contribution < -0.4 is 5.32 Å². The summed E-state index contributed by atoms with van der Waals surface area (Å²) >= 11 is 2.63. The second-order valence-corrected chi connectivity index (χ2v) is 11.6. The summed E-state index contributed by atoms with van der Waals surface area (Å²) < 4.78 is 25.5. The predicted molar refractivity (Wildman–Crippen MR) is 128 cm³/mol. The van der Waals surface area contributed by atoms with Gasteiger partial charge in [-0.25, -0.2) is 13.4 Å². The van der Waals surface area contributed by atoms with Crippen LogP contribution in [0.25, 0.3) is 11.3 Å². The number of thiazole rings is 1. The largest absolute Gasteiger partial charge is 0.302 e. The topological polar surface area (TPSA) is 107 Å². The molecule has 1 atom stereocenters. The minimum Gasteiger partial charge on any atom is -0.302 e. The molecule has 0 saturated carbocycles. The lowest BCUT2D eigenvalue weighted by atomic mass is 10.1. The number of amides is 1. The third-order valence-electron chi connectivity index (χ3n) is 5.08. The minimum atomic E-state index is -3.03. The second kappa shape index (κ2) is 9.55. The maximum atomic E-state index is 12.5. The SMILES string of the molecule is C=CCn1c(SCC(=O)Nc2nc(-c3ccc(C)cc3)cs2)nnc1C1CCS(=O)(=O)C1. The van der Waals surface area contributed by atoms with Gasteiger partial charge in [-0.2, -0.15) is 0 Å². The summed E-state index contributed by atoms with van der Waals surface area (Å²) in [5, 5.41) is 14.3. The van der Waals surface area contributed by atoms with Crippen molar-refractivity contribution in [2.45, 2.75) is 31.0 Å². The van der Waals surface area contributed by atoms with Crippen LogP contribution in [0.4, 0.5) is 5.13 Å². The molecule has 1 aromatic carbocycles. The van der Waals surface area contributed by atoms with Crippen molar-refractivity contribution in [1.29, 1.82) is 0 Å². The molecule has 1 unspecified atom stereocenters. The zero-order chi connectivity index (χ0) is 22.7. The smallest absolute Gasteiger partial charge is 0.236 e. The number of hydrogen-bond donors (Lipinski definition) is 1. The fourth-order valence-corrected chi connectivity index (χ4v) is 6.71. The van der Waals surface area contributed by atoms with E-state index in [1.165, 1.54) is 28.7 Å². The molecule has 1 N–H and O–H groups in total. The summed E-state index contributed by atoms with van der Waals surface area (Å²) in [5.41, 5.74) is 3.00. The Bertz CT molecular complexity index is 1230. The summed E-state index contributed by atoms with van der Waals surface area (Å²) in [6.45, 7) is 6.25. The van der Waals surface area contributed by atoms with E-state index in [2.05, 4.69) is 27.1 Å². The molecule has 1 amide bonds. The Labute approximate surface area is 195 Å². The van der Waals surface area contributed by atoms with Crippen LogP contribution >= 0.6 is 23.1 Å². The van der Waals surface area contributed by atoms with Crippen LogP contribution in [0.3, 0.4) is 0 Å². The molecule has 1 saturated heterocycles. The van der Waals surface area contributed by atoms with Gasteiger partial charge >= 0.3 is 0 Å². The zero-order valence-electron chi connectivity index (χ0n) is 17.5. The number of aromatic nitrogens is 4. The first-order valence-electron chi connectivity index (χ1n) is 10.0. The number of anilines is 1. The number of hydrogen-bond acceptors (Lipinski definition) is 8. The Morgan fingerprint density at radius 2 is 2.12 bits per heavy atom. The van der Waals surface area contributed by atoms with Crippen LogP contribution in [0.5, 0.6) is 0 Å². The highest BCUT2D eigenvalue weighted by atomic mass is 32.2. The van der Waals surface area contributed by atoms with Crippen molar-refractivity contribution in [1.82, 2.24) is 19.7 Å². The first-order chi connectivity index (χ1) is 15.3. The van der Waals surface area contributed by atoms with Crippen molar-refractivity contribution < 1.29 is 13.2 Å². The molecule has 2 aromatic heterocycles. The molecule has 11 heteroatoms. The number of rotatable bonds is 8. The van der Waals surface area contributed by atoms with Gasteiger partial charge in [0.1, 0.15) is 5.82 Å². The number of benzene rings is 1. The predicted octanol–water partition coefficient (Wildman–Crippen LogP) is 3.53. The first kappa shape index (κ1) is 22.7. The Balaban J connectivity index is 1.39. The lowest BCUT2D eigenvalue weighted by Gasteiger charge is -2.11. The molecule has 168 valence electrons. The summed E-state index contributed by atoms with van der Waals surface area (Å²) in [5.74, 6) is 0.654. The number of nitrogens with one attached hydrogen (secondary N) is 1. The minimum absolute atomic E-state index is 0.0841. The van der Waals surface area contributed by atoms with Gasteiger partial charge in [-0.1, -0.05) is 47.7 Å². The average molecular weight is 490 g/mol. The molecular weight excluding hydrogens is 466 g/mol. The van der Waals surface area contributed by atoms with E-state index in [0.717, 1.165) is 11.3 Å². The van der Waals surface area contributed by atoms with Crippen molar-refractivity contribution in [3.63, 3.8) is 0 Å². The molecule has 3 aromatic rings. The van der Waals surface area contributed by atoms with Gasteiger partial charge < -0.3 is 9.88 Å². The fraction of sp³-hybridized carbons (Fsp3) is 0.333. The van der Waals surface area contributed by atoms with Crippen LogP contribution in [-0.4, -0.2) is 51.3 Å². The molecular formula is C21H23N5O3S3. The van der Waals surface area contributed by atoms with E-state index in [-0.39, 0.29) is 29.1 Å². The number of sulfone groups is 1. The number of nitrogens with zero attached hydrogens (tertiary/aromatic N) is 4. The Kier molecular flexibility index (Phi) is 6.77. The molecule has 1 aliphatic heterocycles. The Morgan fingerprint density at radius 3 is 2.81 bits per heavy atom. The number of carbonyl (C=O) groups is 1. The third-order valence-corrected chi connectivity index (χ3v) is 8.58. The number of carbonyl (C=O) groups excluding carboxylic acids is 1. The number of aryl methyl sites for hydroxylation is 1. The van der Waals surface area contributed by atoms with Crippen LogP contribution in [0.1, 0.15) is 23.7 Å². The van der Waals surface area contributed by atoms with Gasteiger partial charge in [0, 0.05) is 23.4 Å². The van der Waals surface area contributed by atoms with Gasteiger partial charge in [-0.15, -0.1) is 28.1 Å². The first-order valence-corrected chi connectivity index (χ1v) is 13.7. The van der Waals surface area contributed by atoms with Gasteiger partial charge in [0.15, 0.2) is 20.1 Å². The molecule has 3 heterocycles. The number of allylic oxidation sites excluding steroid dienone is 1. The molecule has 4 rings (SSSR count). The zero-order valence-corrected chi connectivity index (χ0v) is 20.0. The molecule has 1 aliphatic rings. The quantitative estimate of drug-likeness (QED) is 0.381. The van der Waals surface area contributed by atoms with Crippen molar-refractivity contribution >= 4 is 44.0 Å². The summed E-state index contributed by atoms with van der Waals surface area (Å²) in [6, 6.07) is 8.06. The fourth-order valence-electron chi connectivity index (χ4n) is 3.48. The average Bonchev–Trinajstić information content (AvgIpc) is 3.46. The van der Waals surface area contributed by atoms with Gasteiger partial charge in [-0.3, -0.25) is 4.79 Å². The summed E-state index contributed by atoms with van der Waals surface area (Å²) in [4.78, 5) is 17.0. The van der Waals surface area contributed by atoms with Gasteiger partial charge in [0.25, 0.3) is 0 Å². The van der Waals surface area contributed by atoms with Crippen molar-refractivity contribution in [3.8, 4) is 11.3 Å². The van der Waals surface area contributed by atoms with E-state index in [4.69, 9.17) is 0 Å². The molecule has 0 spiro atoms. The van der Waals surface area contributed by atoms with E-state index in [0.29, 0.717) is 29.1 Å². The molecule has 0 bridgehead atoms. The van der Waals surface area contributed by atoms with E-state index in [9.17, 15) is 13.2 Å². The van der Waals surface area contributed by atoms with Crippen LogP contribution in [0.15, 0.2) is 47.5 Å². The van der Waals surface area contributed by atoms with Crippen molar-refractivity contribution in [3.05, 3.63) is 53.7 Å². The molecule has 0 aliphatic carbocycles. The van der Waals surface area contributed by atoms with E-state index < -0.39 is 9.84 Å². The Hall–Kier alpha value is -2.50. The lowest BCUT2D eigenvalue weighted by Crippen LogP contribution is -2.15. The molecule has 32 heavy (non-hydrogen) atoms. The number of thioether (sulfide) groups is 1. The molecule has 1 fully saturated rings. The summed E-state index contributed by atoms with van der Waals surface area (Å²) in [6.07, 6.45) is 2.25. The van der Waals surface area contributed by atoms with E-state index in [1.807, 2.05) is 41.1 Å². The molecule has 0 radical (unpaired) electrons.